The Kier molecular flexibility index (Phi) is 4.34. The Hall–Kier alpha value is -3.60. The minimum atomic E-state index is -0.398. The zero-order chi connectivity index (χ0) is 18.8. The number of nitrogens with one attached hydrogen (secondary N) is 1. The molecule has 27 heavy (non-hydrogen) atoms. The number of fused-ring (bicyclic) bond motifs is 1. The number of imide groups is 1. The maximum atomic E-state index is 12.7. The molecule has 0 saturated carbocycles. The lowest BCUT2D eigenvalue weighted by Crippen LogP contribution is -2.30. The van der Waals surface area contributed by atoms with Crippen LogP contribution in [0.4, 0.5) is 4.79 Å². The average Bonchev–Trinajstić information content (AvgIpc) is 3.16. The van der Waals surface area contributed by atoms with Gasteiger partial charge in [-0.15, -0.1) is 6.58 Å². The van der Waals surface area contributed by atoms with Gasteiger partial charge >= 0.3 is 6.03 Å². The van der Waals surface area contributed by atoms with Crippen LogP contribution in [0.25, 0.3) is 17.0 Å². The number of para-hydroxylation sites is 1. The molecule has 0 unspecified atom stereocenters. The van der Waals surface area contributed by atoms with Crippen LogP contribution in [-0.2, 0) is 17.9 Å². The van der Waals surface area contributed by atoms with Crippen LogP contribution >= 0.6 is 0 Å². The fraction of sp³-hybridized carbons (Fsp3) is 0.0909. The number of carbonyl (C=O) groups excluding carboxylic acids is 2. The summed E-state index contributed by atoms with van der Waals surface area (Å²) in [5.74, 6) is -0.315. The lowest BCUT2D eigenvalue weighted by Gasteiger charge is -2.11. The minimum Gasteiger partial charge on any atom is -0.343 e. The highest BCUT2D eigenvalue weighted by Crippen LogP contribution is 2.25. The summed E-state index contributed by atoms with van der Waals surface area (Å²) >= 11 is 0. The fourth-order valence-electron chi connectivity index (χ4n) is 3.32. The van der Waals surface area contributed by atoms with E-state index in [2.05, 4.69) is 16.5 Å². The number of nitrogens with zero attached hydrogens (tertiary/aromatic N) is 2. The molecule has 1 fully saturated rings. The summed E-state index contributed by atoms with van der Waals surface area (Å²) < 4.78 is 2.07. The molecule has 0 bridgehead atoms. The predicted molar refractivity (Wildman–Crippen MR) is 106 cm³/mol. The van der Waals surface area contributed by atoms with Crippen LogP contribution in [0.5, 0.6) is 0 Å². The lowest BCUT2D eigenvalue weighted by molar-refractivity contribution is -0.123. The number of urea groups is 1. The first-order valence-corrected chi connectivity index (χ1v) is 8.74. The van der Waals surface area contributed by atoms with Gasteiger partial charge in [-0.05, 0) is 17.7 Å². The van der Waals surface area contributed by atoms with Gasteiger partial charge in [-0.3, -0.25) is 9.69 Å². The van der Waals surface area contributed by atoms with Crippen molar-refractivity contribution < 1.29 is 9.59 Å². The first-order valence-electron chi connectivity index (χ1n) is 8.74. The third-order valence-corrected chi connectivity index (χ3v) is 4.59. The molecule has 0 spiro atoms. The third kappa shape index (κ3) is 3.15. The normalized spacial score (nSPS) is 15.6. The Morgan fingerprint density at radius 1 is 1.00 bits per heavy atom. The van der Waals surface area contributed by atoms with Crippen molar-refractivity contribution in [2.45, 2.75) is 13.1 Å². The second kappa shape index (κ2) is 6.96. The summed E-state index contributed by atoms with van der Waals surface area (Å²) in [6, 6.07) is 17.0. The Labute approximate surface area is 157 Å². The summed E-state index contributed by atoms with van der Waals surface area (Å²) in [7, 11) is 0. The highest BCUT2D eigenvalue weighted by atomic mass is 16.2. The minimum absolute atomic E-state index is 0.251. The number of rotatable bonds is 5. The molecule has 1 aliphatic heterocycles. The molecule has 4 rings (SSSR count). The van der Waals surface area contributed by atoms with E-state index in [-0.39, 0.29) is 18.1 Å². The summed E-state index contributed by atoms with van der Waals surface area (Å²) in [5.41, 5.74) is 3.14. The molecular weight excluding hydrogens is 338 g/mol. The summed E-state index contributed by atoms with van der Waals surface area (Å²) in [6.07, 6.45) is 5.54. The molecule has 0 radical (unpaired) electrons. The second-order valence-electron chi connectivity index (χ2n) is 6.41. The zero-order valence-electron chi connectivity index (χ0n) is 14.8. The van der Waals surface area contributed by atoms with Crippen molar-refractivity contribution in [1.29, 1.82) is 0 Å². The highest BCUT2D eigenvalue weighted by Gasteiger charge is 2.33. The van der Waals surface area contributed by atoms with Gasteiger partial charge in [0.1, 0.15) is 5.70 Å². The van der Waals surface area contributed by atoms with Gasteiger partial charge in [0.25, 0.3) is 5.91 Å². The van der Waals surface area contributed by atoms with Gasteiger partial charge in [0, 0.05) is 29.2 Å². The monoisotopic (exact) mass is 357 g/mol. The average molecular weight is 357 g/mol. The lowest BCUT2D eigenvalue weighted by atomic mass is 10.1. The van der Waals surface area contributed by atoms with Crippen molar-refractivity contribution in [3.8, 4) is 0 Å². The van der Waals surface area contributed by atoms with E-state index >= 15 is 0 Å². The first-order chi connectivity index (χ1) is 13.2. The van der Waals surface area contributed by atoms with Crippen molar-refractivity contribution in [3.05, 3.63) is 90.3 Å². The summed E-state index contributed by atoms with van der Waals surface area (Å²) in [5, 5.41) is 3.72. The van der Waals surface area contributed by atoms with Crippen LogP contribution in [0, 0.1) is 0 Å². The fourth-order valence-corrected chi connectivity index (χ4v) is 3.32. The van der Waals surface area contributed by atoms with Crippen molar-refractivity contribution in [1.82, 2.24) is 14.8 Å². The maximum absolute atomic E-state index is 12.7. The number of amides is 3. The molecule has 3 aromatic rings. The van der Waals surface area contributed by atoms with Crippen LogP contribution in [-0.4, -0.2) is 21.4 Å². The standard InChI is InChI=1S/C22H19N3O2/c1-2-12-24-15-17(18-10-6-7-11-20(18)24)13-19-21(26)25(22(27)23-19)14-16-8-4-3-5-9-16/h2-11,13,15H,1,12,14H2,(H,23,27)/b19-13+. The van der Waals surface area contributed by atoms with Crippen LogP contribution in [0.15, 0.2) is 79.1 Å². The first kappa shape index (κ1) is 16.8. The molecule has 1 saturated heterocycles. The van der Waals surface area contributed by atoms with Gasteiger partial charge in [-0.2, -0.15) is 0 Å². The number of benzene rings is 2. The van der Waals surface area contributed by atoms with Gasteiger partial charge in [-0.25, -0.2) is 4.79 Å². The molecule has 1 N–H and O–H groups in total. The number of hydrogen-bond donors (Lipinski definition) is 1. The Morgan fingerprint density at radius 3 is 2.52 bits per heavy atom. The molecule has 0 aliphatic carbocycles. The Balaban J connectivity index is 1.67. The van der Waals surface area contributed by atoms with Gasteiger partial charge in [0.05, 0.1) is 6.54 Å². The van der Waals surface area contributed by atoms with Crippen molar-refractivity contribution in [2.24, 2.45) is 0 Å². The van der Waals surface area contributed by atoms with Gasteiger partial charge < -0.3 is 9.88 Å². The van der Waals surface area contributed by atoms with Crippen LogP contribution in [0.2, 0.25) is 0 Å². The van der Waals surface area contributed by atoms with Gasteiger partial charge in [0.15, 0.2) is 0 Å². The van der Waals surface area contributed by atoms with E-state index in [1.54, 1.807) is 6.08 Å². The molecule has 2 heterocycles. The van der Waals surface area contributed by atoms with Crippen LogP contribution in [0.1, 0.15) is 11.1 Å². The van der Waals surface area contributed by atoms with E-state index in [4.69, 9.17) is 0 Å². The smallest absolute Gasteiger partial charge is 0.329 e. The largest absolute Gasteiger partial charge is 0.343 e. The molecular formula is C22H19N3O2. The number of carbonyl (C=O) groups is 2. The van der Waals surface area contributed by atoms with Crippen LogP contribution in [0.3, 0.4) is 0 Å². The molecule has 1 aliphatic rings. The van der Waals surface area contributed by atoms with Gasteiger partial charge in [-0.1, -0.05) is 54.6 Å². The van der Waals surface area contributed by atoms with Gasteiger partial charge in [0.2, 0.25) is 0 Å². The Morgan fingerprint density at radius 2 is 1.74 bits per heavy atom. The molecule has 134 valence electrons. The molecule has 0 atom stereocenters. The molecule has 2 aromatic carbocycles. The quantitative estimate of drug-likeness (QED) is 0.427. The van der Waals surface area contributed by atoms with Crippen LogP contribution < -0.4 is 5.32 Å². The summed E-state index contributed by atoms with van der Waals surface area (Å²) in [4.78, 5) is 26.3. The number of allylic oxidation sites excluding steroid dienone is 1. The molecule has 1 aromatic heterocycles. The van der Waals surface area contributed by atoms with E-state index in [0.717, 1.165) is 22.0 Å². The number of hydrogen-bond acceptors (Lipinski definition) is 2. The predicted octanol–water partition coefficient (Wildman–Crippen LogP) is 3.92. The highest BCUT2D eigenvalue weighted by molar-refractivity contribution is 6.14. The second-order valence-corrected chi connectivity index (χ2v) is 6.41. The van der Waals surface area contributed by atoms with E-state index in [0.29, 0.717) is 6.54 Å². The molecule has 5 nitrogen and oxygen atoms in total. The molecule has 3 amide bonds. The van der Waals surface area contributed by atoms with Crippen molar-refractivity contribution in [2.75, 3.05) is 0 Å². The topological polar surface area (TPSA) is 54.3 Å². The summed E-state index contributed by atoms with van der Waals surface area (Å²) in [6.45, 7) is 4.71. The molecule has 5 heteroatoms. The van der Waals surface area contributed by atoms with E-state index < -0.39 is 6.03 Å². The number of aromatic nitrogens is 1. The van der Waals surface area contributed by atoms with E-state index in [1.807, 2.05) is 66.9 Å². The third-order valence-electron chi connectivity index (χ3n) is 4.59. The van der Waals surface area contributed by atoms with Crippen molar-refractivity contribution >= 4 is 28.9 Å². The maximum Gasteiger partial charge on any atom is 0.329 e. The SMILES string of the molecule is C=CCn1cc(/C=C2/NC(=O)N(Cc3ccccc3)C2=O)c2ccccc21. The van der Waals surface area contributed by atoms with E-state index in [1.165, 1.54) is 4.90 Å². The van der Waals surface area contributed by atoms with E-state index in [9.17, 15) is 9.59 Å². The van der Waals surface area contributed by atoms with Crippen molar-refractivity contribution in [3.63, 3.8) is 0 Å². The zero-order valence-corrected chi connectivity index (χ0v) is 14.8. The Bertz CT molecular complexity index is 1060.